The van der Waals surface area contributed by atoms with Crippen LogP contribution in [0.4, 0.5) is 4.39 Å². The van der Waals surface area contributed by atoms with Gasteiger partial charge in [-0.3, -0.25) is 4.79 Å². The molecule has 3 aromatic carbocycles. The number of fused-ring (bicyclic) bond motifs is 1. The van der Waals surface area contributed by atoms with Gasteiger partial charge < -0.3 is 14.2 Å². The maximum atomic E-state index is 13.3. The van der Waals surface area contributed by atoms with Gasteiger partial charge in [0.15, 0.2) is 0 Å². The zero-order valence-corrected chi connectivity index (χ0v) is 20.0. The van der Waals surface area contributed by atoms with Crippen LogP contribution in [0.1, 0.15) is 42.1 Å². The molecule has 0 aliphatic carbocycles. The summed E-state index contributed by atoms with van der Waals surface area (Å²) in [4.78, 5) is 19.6. The Morgan fingerprint density at radius 3 is 2.69 bits per heavy atom. The van der Waals surface area contributed by atoms with E-state index in [4.69, 9.17) is 9.72 Å². The van der Waals surface area contributed by atoms with Gasteiger partial charge in [0.1, 0.15) is 17.4 Å². The number of unbranched alkanes of at least 4 members (excludes halogenated alkanes) is 1. The van der Waals surface area contributed by atoms with Crippen LogP contribution in [-0.2, 0) is 17.9 Å². The fourth-order valence-electron chi connectivity index (χ4n) is 4.82. The first-order chi connectivity index (χ1) is 17.1. The second-order valence-corrected chi connectivity index (χ2v) is 9.28. The molecular formula is C29H30FN3O2. The molecule has 0 N–H and O–H groups in total. The lowest BCUT2D eigenvalue weighted by atomic mass is 10.1. The third-order valence-corrected chi connectivity index (χ3v) is 6.58. The predicted octanol–water partition coefficient (Wildman–Crippen LogP) is 5.86. The Morgan fingerprint density at radius 1 is 1.03 bits per heavy atom. The van der Waals surface area contributed by atoms with Crippen molar-refractivity contribution in [1.29, 1.82) is 0 Å². The summed E-state index contributed by atoms with van der Waals surface area (Å²) in [5.41, 5.74) is 4.19. The van der Waals surface area contributed by atoms with Crippen molar-refractivity contribution in [3.8, 4) is 5.75 Å². The summed E-state index contributed by atoms with van der Waals surface area (Å²) < 4.78 is 21.5. The average Bonchev–Trinajstić information content (AvgIpc) is 3.40. The van der Waals surface area contributed by atoms with Crippen LogP contribution in [0.5, 0.6) is 5.75 Å². The molecule has 1 amide bonds. The number of hydrogen-bond acceptors (Lipinski definition) is 3. The summed E-state index contributed by atoms with van der Waals surface area (Å²) in [5, 5.41) is 0. The van der Waals surface area contributed by atoms with E-state index in [1.807, 2.05) is 35.2 Å². The molecule has 1 aromatic heterocycles. The quantitative estimate of drug-likeness (QED) is 0.287. The van der Waals surface area contributed by atoms with Crippen molar-refractivity contribution in [2.45, 2.75) is 45.2 Å². The lowest BCUT2D eigenvalue weighted by molar-refractivity contribution is -0.128. The summed E-state index contributed by atoms with van der Waals surface area (Å²) in [7, 11) is 0. The number of carbonyl (C=O) groups excluding carboxylic acids is 1. The van der Waals surface area contributed by atoms with Crippen molar-refractivity contribution >= 4 is 16.9 Å². The van der Waals surface area contributed by atoms with Gasteiger partial charge in [-0.25, -0.2) is 9.37 Å². The van der Waals surface area contributed by atoms with Gasteiger partial charge in [0.2, 0.25) is 5.91 Å². The second kappa shape index (κ2) is 10.3. The Bertz CT molecular complexity index is 1320. The molecule has 0 radical (unpaired) electrons. The molecule has 5 rings (SSSR count). The number of aryl methyl sites for hydroxylation is 2. The standard InChI is InChI=1S/C29H30FN3O2/c1-21-7-6-8-25(17-21)35-16-5-4-15-33-27-10-3-2-9-26(27)31-29(33)23-18-28(34)32(20-23)19-22-11-13-24(30)14-12-22/h2-3,6-14,17,23H,4-5,15-16,18-20H2,1H3. The SMILES string of the molecule is Cc1cccc(OCCCCn2c(C3CC(=O)N(Cc4ccc(F)cc4)C3)nc3ccccc32)c1. The molecule has 35 heavy (non-hydrogen) atoms. The number of hydrogen-bond donors (Lipinski definition) is 0. The summed E-state index contributed by atoms with van der Waals surface area (Å²) in [6, 6.07) is 22.6. The molecule has 1 fully saturated rings. The summed E-state index contributed by atoms with van der Waals surface area (Å²) in [5.74, 6) is 1.77. The number of nitrogens with zero attached hydrogens (tertiary/aromatic N) is 3. The van der Waals surface area contributed by atoms with Gasteiger partial charge in [-0.2, -0.15) is 0 Å². The minimum Gasteiger partial charge on any atom is -0.494 e. The summed E-state index contributed by atoms with van der Waals surface area (Å²) >= 11 is 0. The van der Waals surface area contributed by atoms with Crippen LogP contribution in [0.2, 0.25) is 0 Å². The third-order valence-electron chi connectivity index (χ3n) is 6.58. The van der Waals surface area contributed by atoms with Crippen LogP contribution in [0.25, 0.3) is 11.0 Å². The van der Waals surface area contributed by atoms with Crippen molar-refractivity contribution in [2.24, 2.45) is 0 Å². The van der Waals surface area contributed by atoms with Crippen LogP contribution in [0.3, 0.4) is 0 Å². The number of aromatic nitrogens is 2. The molecule has 1 saturated heterocycles. The fourth-order valence-corrected chi connectivity index (χ4v) is 4.82. The van der Waals surface area contributed by atoms with Gasteiger partial charge in [-0.05, 0) is 67.3 Å². The molecule has 1 aliphatic heterocycles. The molecule has 5 nitrogen and oxygen atoms in total. The molecule has 0 saturated carbocycles. The lowest BCUT2D eigenvalue weighted by Gasteiger charge is -2.17. The number of imidazole rings is 1. The van der Waals surface area contributed by atoms with E-state index in [1.165, 1.54) is 17.7 Å². The average molecular weight is 472 g/mol. The number of halogens is 1. The zero-order valence-electron chi connectivity index (χ0n) is 20.0. The Kier molecular flexibility index (Phi) is 6.80. The first kappa shape index (κ1) is 23.1. The Morgan fingerprint density at radius 2 is 1.86 bits per heavy atom. The normalized spacial score (nSPS) is 15.8. The highest BCUT2D eigenvalue weighted by Crippen LogP contribution is 2.31. The highest BCUT2D eigenvalue weighted by molar-refractivity contribution is 5.81. The largest absolute Gasteiger partial charge is 0.494 e. The van der Waals surface area contributed by atoms with E-state index in [0.29, 0.717) is 26.1 Å². The highest BCUT2D eigenvalue weighted by Gasteiger charge is 2.33. The van der Waals surface area contributed by atoms with Gasteiger partial charge in [0.25, 0.3) is 0 Å². The fraction of sp³-hybridized carbons (Fsp3) is 0.310. The molecular weight excluding hydrogens is 441 g/mol. The molecule has 1 unspecified atom stereocenters. The Hall–Kier alpha value is -3.67. The van der Waals surface area contributed by atoms with Crippen LogP contribution < -0.4 is 4.74 Å². The summed E-state index contributed by atoms with van der Waals surface area (Å²) in [6.45, 7) is 4.67. The van der Waals surface area contributed by atoms with E-state index in [1.54, 1.807) is 12.1 Å². The minimum absolute atomic E-state index is 0.0406. The van der Waals surface area contributed by atoms with Gasteiger partial charge >= 0.3 is 0 Å². The van der Waals surface area contributed by atoms with Crippen molar-refractivity contribution in [2.75, 3.05) is 13.2 Å². The summed E-state index contributed by atoms with van der Waals surface area (Å²) in [6.07, 6.45) is 2.33. The number of amides is 1. The van der Waals surface area contributed by atoms with Crippen molar-refractivity contribution in [3.05, 3.63) is 95.6 Å². The van der Waals surface area contributed by atoms with Crippen LogP contribution >= 0.6 is 0 Å². The predicted molar refractivity (Wildman–Crippen MR) is 135 cm³/mol. The van der Waals surface area contributed by atoms with Crippen LogP contribution in [-0.4, -0.2) is 33.5 Å². The molecule has 1 atom stereocenters. The molecule has 0 bridgehead atoms. The number of benzene rings is 3. The molecule has 6 heteroatoms. The number of rotatable bonds is 9. The zero-order chi connectivity index (χ0) is 24.2. The molecule has 2 heterocycles. The lowest BCUT2D eigenvalue weighted by Crippen LogP contribution is -2.24. The maximum absolute atomic E-state index is 13.3. The smallest absolute Gasteiger partial charge is 0.223 e. The molecule has 0 spiro atoms. The third kappa shape index (κ3) is 5.37. The van der Waals surface area contributed by atoms with E-state index >= 15 is 0 Å². The monoisotopic (exact) mass is 471 g/mol. The van der Waals surface area contributed by atoms with Crippen molar-refractivity contribution < 1.29 is 13.9 Å². The maximum Gasteiger partial charge on any atom is 0.223 e. The molecule has 4 aromatic rings. The molecule has 180 valence electrons. The number of likely N-dealkylation sites (tertiary alicyclic amines) is 1. The Labute approximate surface area is 205 Å². The van der Waals surface area contributed by atoms with Crippen LogP contribution in [0.15, 0.2) is 72.8 Å². The number of para-hydroxylation sites is 2. The van der Waals surface area contributed by atoms with Gasteiger partial charge in [-0.1, -0.05) is 36.4 Å². The Balaban J connectivity index is 1.26. The van der Waals surface area contributed by atoms with Crippen molar-refractivity contribution in [1.82, 2.24) is 14.5 Å². The van der Waals surface area contributed by atoms with E-state index in [0.717, 1.165) is 47.6 Å². The molecule has 1 aliphatic rings. The topological polar surface area (TPSA) is 47.4 Å². The minimum atomic E-state index is -0.266. The van der Waals surface area contributed by atoms with Gasteiger partial charge in [0.05, 0.1) is 17.6 Å². The highest BCUT2D eigenvalue weighted by atomic mass is 19.1. The van der Waals surface area contributed by atoms with Crippen LogP contribution in [0, 0.1) is 12.7 Å². The van der Waals surface area contributed by atoms with Gasteiger partial charge in [0, 0.05) is 32.0 Å². The van der Waals surface area contributed by atoms with E-state index < -0.39 is 0 Å². The van der Waals surface area contributed by atoms with Crippen molar-refractivity contribution in [3.63, 3.8) is 0 Å². The number of ether oxygens (including phenoxy) is 1. The second-order valence-electron chi connectivity index (χ2n) is 9.28. The number of carbonyl (C=O) groups is 1. The van der Waals surface area contributed by atoms with E-state index in [-0.39, 0.29) is 17.6 Å². The van der Waals surface area contributed by atoms with Gasteiger partial charge in [-0.15, -0.1) is 0 Å². The first-order valence-electron chi connectivity index (χ1n) is 12.2. The first-order valence-corrected chi connectivity index (χ1v) is 12.2. The van der Waals surface area contributed by atoms with E-state index in [2.05, 4.69) is 29.7 Å². The van der Waals surface area contributed by atoms with E-state index in [9.17, 15) is 9.18 Å².